The number of carbonyl (C=O) groups is 2. The molecule has 1 aliphatic rings. The molecule has 1 aromatic carbocycles. The van der Waals surface area contributed by atoms with E-state index < -0.39 is 12.6 Å². The fourth-order valence-corrected chi connectivity index (χ4v) is 3.96. The van der Waals surface area contributed by atoms with Gasteiger partial charge in [-0.15, -0.1) is 0 Å². The van der Waals surface area contributed by atoms with Gasteiger partial charge in [-0.1, -0.05) is 49.6 Å². The van der Waals surface area contributed by atoms with Crippen molar-refractivity contribution in [2.24, 2.45) is 5.92 Å². The normalized spacial score (nSPS) is 18.5. The van der Waals surface area contributed by atoms with Gasteiger partial charge in [0.1, 0.15) is 12.9 Å². The molecule has 34 heavy (non-hydrogen) atoms. The molecule has 2 rings (SSSR count). The Bertz CT molecular complexity index is 788. The molecule has 0 amide bonds. The van der Waals surface area contributed by atoms with Gasteiger partial charge in [-0.2, -0.15) is 0 Å². The Morgan fingerprint density at radius 1 is 1.09 bits per heavy atom. The minimum absolute atomic E-state index is 0.0216. The highest BCUT2D eigenvalue weighted by Crippen LogP contribution is 2.37. The Balaban J connectivity index is 0.000000852. The zero-order chi connectivity index (χ0) is 25.3. The van der Waals surface area contributed by atoms with Gasteiger partial charge >= 0.3 is 5.97 Å². The zero-order valence-corrected chi connectivity index (χ0v) is 20.3. The molecule has 1 aromatic rings. The molecule has 0 heterocycles. The van der Waals surface area contributed by atoms with Crippen molar-refractivity contribution >= 4 is 12.3 Å². The number of aliphatic hydroxyl groups is 3. The van der Waals surface area contributed by atoms with Crippen molar-refractivity contribution in [2.45, 2.75) is 57.3 Å². The van der Waals surface area contributed by atoms with Crippen LogP contribution in [-0.2, 0) is 14.3 Å². The van der Waals surface area contributed by atoms with Crippen LogP contribution >= 0.6 is 0 Å². The average Bonchev–Trinajstić information content (AvgIpc) is 2.89. The third-order valence-electron chi connectivity index (χ3n) is 6.19. The molecule has 0 aromatic heterocycles. The van der Waals surface area contributed by atoms with Crippen LogP contribution in [0.5, 0.6) is 0 Å². The monoisotopic (exact) mass is 472 g/mol. The van der Waals surface area contributed by atoms with E-state index >= 15 is 0 Å². The van der Waals surface area contributed by atoms with Crippen molar-refractivity contribution in [2.75, 3.05) is 26.4 Å². The van der Waals surface area contributed by atoms with Crippen LogP contribution in [0.15, 0.2) is 60.7 Å². The van der Waals surface area contributed by atoms with Gasteiger partial charge in [0.15, 0.2) is 0 Å². The Kier molecular flexibility index (Phi) is 14.7. The van der Waals surface area contributed by atoms with E-state index in [-0.39, 0.29) is 36.9 Å². The zero-order valence-electron chi connectivity index (χ0n) is 20.3. The van der Waals surface area contributed by atoms with Gasteiger partial charge in [0.25, 0.3) is 0 Å². The highest BCUT2D eigenvalue weighted by molar-refractivity contribution is 5.87. The van der Waals surface area contributed by atoms with Gasteiger partial charge in [0.05, 0.1) is 25.4 Å². The van der Waals surface area contributed by atoms with Gasteiger partial charge in [0, 0.05) is 11.5 Å². The first-order chi connectivity index (χ1) is 16.4. The second-order valence-corrected chi connectivity index (χ2v) is 8.70. The van der Waals surface area contributed by atoms with Gasteiger partial charge in [0.2, 0.25) is 0 Å². The Morgan fingerprint density at radius 2 is 1.74 bits per heavy atom. The first kappa shape index (κ1) is 29.5. The van der Waals surface area contributed by atoms with Crippen LogP contribution in [0.2, 0.25) is 0 Å². The lowest BCUT2D eigenvalue weighted by atomic mass is 9.77. The molecule has 1 aliphatic carbocycles. The number of aliphatic hydroxyl groups excluding tert-OH is 3. The molecular weight excluding hydrogens is 432 g/mol. The van der Waals surface area contributed by atoms with Gasteiger partial charge in [-0.3, -0.25) is 4.79 Å². The van der Waals surface area contributed by atoms with Crippen molar-refractivity contribution in [3.05, 3.63) is 71.8 Å². The summed E-state index contributed by atoms with van der Waals surface area (Å²) in [5.41, 5.74) is 2.55. The maximum atomic E-state index is 11.6. The maximum Gasteiger partial charge on any atom is 0.335 e. The van der Waals surface area contributed by atoms with E-state index in [2.05, 4.69) is 44.4 Å². The minimum Gasteiger partial charge on any atom is -0.462 e. The summed E-state index contributed by atoms with van der Waals surface area (Å²) in [6, 6.07) is 8.36. The summed E-state index contributed by atoms with van der Waals surface area (Å²) in [7, 11) is 0. The lowest BCUT2D eigenvalue weighted by molar-refractivity contribution is -0.140. The number of hydrogen-bond acceptors (Lipinski definition) is 6. The number of benzene rings is 1. The maximum absolute atomic E-state index is 11.6. The summed E-state index contributed by atoms with van der Waals surface area (Å²) in [6.07, 6.45) is 12.5. The van der Waals surface area contributed by atoms with E-state index in [0.717, 1.165) is 11.5 Å². The van der Waals surface area contributed by atoms with E-state index in [1.54, 1.807) is 0 Å². The number of carbonyl (C=O) groups excluding carboxylic acids is 2. The molecule has 0 aliphatic heterocycles. The topological polar surface area (TPSA) is 104 Å². The predicted octanol–water partition coefficient (Wildman–Crippen LogP) is 4.22. The van der Waals surface area contributed by atoms with Gasteiger partial charge in [-0.25, -0.2) is 4.79 Å². The summed E-state index contributed by atoms with van der Waals surface area (Å²) >= 11 is 0. The SMILES string of the molecule is C=C(C=O)CO.C=C(CO)C(=O)OCC(CO)c1ccc(C2CCC(CC/C=C/C)CC2)cc1. The number of allylic oxidation sites excluding steroid dienone is 2. The van der Waals surface area contributed by atoms with Crippen LogP contribution in [0.1, 0.15) is 68.4 Å². The van der Waals surface area contributed by atoms with Crippen molar-refractivity contribution < 1.29 is 29.6 Å². The van der Waals surface area contributed by atoms with Crippen molar-refractivity contribution in [3.63, 3.8) is 0 Å². The molecule has 1 unspecified atom stereocenters. The molecule has 0 saturated heterocycles. The molecule has 6 nitrogen and oxygen atoms in total. The van der Waals surface area contributed by atoms with E-state index in [4.69, 9.17) is 14.9 Å². The standard InChI is InChI=1S/C24H34O4.C4H6O2/c1-3-4-5-6-19-7-9-20(10-8-19)21-11-13-22(14-12-21)23(16-26)17-28-24(27)18(2)15-25;1-4(2-5)3-6/h3-4,11-14,19-20,23,25-26H,2,5-10,15-17H2,1H3;2,6H,1,3H2/b4-3+;. The molecule has 6 heteroatoms. The molecule has 0 bridgehead atoms. The summed E-state index contributed by atoms with van der Waals surface area (Å²) in [5.74, 6) is 0.578. The molecule has 188 valence electrons. The highest BCUT2D eigenvalue weighted by Gasteiger charge is 2.22. The van der Waals surface area contributed by atoms with Gasteiger partial charge in [-0.05, 0) is 68.4 Å². The third-order valence-corrected chi connectivity index (χ3v) is 6.19. The van der Waals surface area contributed by atoms with Crippen LogP contribution in [0.25, 0.3) is 0 Å². The van der Waals surface area contributed by atoms with Crippen LogP contribution in [0.4, 0.5) is 0 Å². The fourth-order valence-electron chi connectivity index (χ4n) is 3.96. The van der Waals surface area contributed by atoms with Crippen LogP contribution in [0.3, 0.4) is 0 Å². The summed E-state index contributed by atoms with van der Waals surface area (Å²) in [6.45, 7) is 8.02. The third kappa shape index (κ3) is 10.6. The van der Waals surface area contributed by atoms with E-state index in [9.17, 15) is 14.7 Å². The Hall–Kier alpha value is -2.54. The molecule has 0 radical (unpaired) electrons. The van der Waals surface area contributed by atoms with Crippen LogP contribution in [-0.4, -0.2) is 54.0 Å². The Morgan fingerprint density at radius 3 is 2.21 bits per heavy atom. The largest absolute Gasteiger partial charge is 0.462 e. The summed E-state index contributed by atoms with van der Waals surface area (Å²) in [5, 5.41) is 26.6. The molecule has 1 atom stereocenters. The smallest absolute Gasteiger partial charge is 0.335 e. The second kappa shape index (κ2) is 17.0. The molecule has 1 saturated carbocycles. The van der Waals surface area contributed by atoms with Crippen molar-refractivity contribution in [3.8, 4) is 0 Å². The average molecular weight is 473 g/mol. The first-order valence-corrected chi connectivity index (χ1v) is 11.9. The van der Waals surface area contributed by atoms with E-state index in [0.29, 0.717) is 12.2 Å². The fraction of sp³-hybridized carbons (Fsp3) is 0.500. The lowest BCUT2D eigenvalue weighted by Gasteiger charge is -2.29. The number of hydrogen-bond donors (Lipinski definition) is 3. The Labute approximate surface area is 203 Å². The molecule has 3 N–H and O–H groups in total. The van der Waals surface area contributed by atoms with Crippen molar-refractivity contribution in [1.82, 2.24) is 0 Å². The number of aldehydes is 1. The van der Waals surface area contributed by atoms with Crippen LogP contribution < -0.4 is 0 Å². The first-order valence-electron chi connectivity index (χ1n) is 11.9. The van der Waals surface area contributed by atoms with Crippen LogP contribution in [0, 0.1) is 5.92 Å². The van der Waals surface area contributed by atoms with Crippen molar-refractivity contribution in [1.29, 1.82) is 0 Å². The number of esters is 1. The van der Waals surface area contributed by atoms with E-state index in [1.165, 1.54) is 44.1 Å². The number of ether oxygens (including phenoxy) is 1. The quantitative estimate of drug-likeness (QED) is 0.182. The highest BCUT2D eigenvalue weighted by atomic mass is 16.5. The summed E-state index contributed by atoms with van der Waals surface area (Å²) < 4.78 is 5.14. The molecule has 1 fully saturated rings. The molecule has 0 spiro atoms. The second-order valence-electron chi connectivity index (χ2n) is 8.70. The van der Waals surface area contributed by atoms with Gasteiger partial charge < -0.3 is 20.1 Å². The predicted molar refractivity (Wildman–Crippen MR) is 134 cm³/mol. The summed E-state index contributed by atoms with van der Waals surface area (Å²) in [4.78, 5) is 21.1. The minimum atomic E-state index is -0.622. The van der Waals surface area contributed by atoms with E-state index in [1.807, 2.05) is 12.1 Å². The lowest BCUT2D eigenvalue weighted by Crippen LogP contribution is -2.18. The number of rotatable bonds is 12. The molecular formula is C28H40O6.